The van der Waals surface area contributed by atoms with Gasteiger partial charge in [0, 0.05) is 36.3 Å². The highest BCUT2D eigenvalue weighted by Crippen LogP contribution is 2.34. The summed E-state index contributed by atoms with van der Waals surface area (Å²) in [4.78, 5) is 16.9. The summed E-state index contributed by atoms with van der Waals surface area (Å²) in [6.45, 7) is 2.94. The second-order valence-corrected chi connectivity index (χ2v) is 11.9. The van der Waals surface area contributed by atoms with E-state index in [-0.39, 0.29) is 51.5 Å². The summed E-state index contributed by atoms with van der Waals surface area (Å²) in [6, 6.07) is 8.00. The van der Waals surface area contributed by atoms with E-state index in [1.54, 1.807) is 0 Å². The van der Waals surface area contributed by atoms with Crippen molar-refractivity contribution in [2.45, 2.75) is 50.0 Å². The van der Waals surface area contributed by atoms with Crippen molar-refractivity contribution >= 4 is 27.3 Å². The molecule has 11 heteroatoms. The van der Waals surface area contributed by atoms with Crippen LogP contribution in [0.2, 0.25) is 5.02 Å². The molecule has 1 atom stereocenters. The van der Waals surface area contributed by atoms with Crippen LogP contribution in [0.5, 0.6) is 0 Å². The van der Waals surface area contributed by atoms with Crippen LogP contribution >= 0.6 is 11.6 Å². The van der Waals surface area contributed by atoms with Gasteiger partial charge < -0.3 is 10.2 Å². The monoisotopic (exact) mass is 545 g/mol. The van der Waals surface area contributed by atoms with Gasteiger partial charge in [0.1, 0.15) is 0 Å². The maximum absolute atomic E-state index is 14.0. The predicted octanol–water partition coefficient (Wildman–Crippen LogP) is 4.61. The maximum Gasteiger partial charge on any atom is 0.416 e. The Morgan fingerprint density at radius 2 is 1.89 bits per heavy atom. The number of rotatable bonds is 9. The smallest absolute Gasteiger partial charge is 0.348 e. The standard InChI is InChI=1S/C25H31ClF3N3O3S/c1-4-36(34,35)23-10-9-20(26)12-19(23)14-30-24(33)17-7-8-18(22(13-17)25(27,28)29)15-32-11-5-6-21(32)16-31(2)3/h7-10,12-13,21H,4-6,11,14-16H2,1-3H3,(H,30,33). The van der Waals surface area contributed by atoms with Gasteiger partial charge in [-0.3, -0.25) is 9.69 Å². The fourth-order valence-corrected chi connectivity index (χ4v) is 5.80. The molecule has 1 aliphatic heterocycles. The number of carbonyl (C=O) groups is 1. The summed E-state index contributed by atoms with van der Waals surface area (Å²) in [7, 11) is 0.299. The van der Waals surface area contributed by atoms with E-state index >= 15 is 0 Å². The third-order valence-corrected chi connectivity index (χ3v) is 8.37. The van der Waals surface area contributed by atoms with E-state index in [1.165, 1.54) is 37.3 Å². The van der Waals surface area contributed by atoms with E-state index in [0.717, 1.165) is 32.0 Å². The van der Waals surface area contributed by atoms with Crippen molar-refractivity contribution in [3.05, 3.63) is 63.7 Å². The van der Waals surface area contributed by atoms with Crippen molar-refractivity contribution in [2.75, 3.05) is 32.9 Å². The van der Waals surface area contributed by atoms with E-state index in [2.05, 4.69) is 10.2 Å². The lowest BCUT2D eigenvalue weighted by Crippen LogP contribution is -2.37. The van der Waals surface area contributed by atoms with Crippen molar-refractivity contribution in [1.82, 2.24) is 15.1 Å². The highest BCUT2D eigenvalue weighted by molar-refractivity contribution is 7.91. The van der Waals surface area contributed by atoms with Gasteiger partial charge in [-0.2, -0.15) is 13.2 Å². The molecule has 1 N–H and O–H groups in total. The van der Waals surface area contributed by atoms with Crippen molar-refractivity contribution < 1.29 is 26.4 Å². The quantitative estimate of drug-likeness (QED) is 0.498. The molecule has 1 saturated heterocycles. The molecule has 36 heavy (non-hydrogen) atoms. The fraction of sp³-hybridized carbons (Fsp3) is 0.480. The molecule has 0 saturated carbocycles. The van der Waals surface area contributed by atoms with Gasteiger partial charge in [0.25, 0.3) is 5.91 Å². The minimum atomic E-state index is -4.63. The molecule has 0 spiro atoms. The first kappa shape index (κ1) is 28.4. The molecule has 0 aromatic heterocycles. The van der Waals surface area contributed by atoms with Crippen LogP contribution < -0.4 is 5.32 Å². The number of halogens is 4. The Hall–Kier alpha value is -2.14. The first-order valence-electron chi connectivity index (χ1n) is 11.7. The summed E-state index contributed by atoms with van der Waals surface area (Å²) >= 11 is 6.00. The van der Waals surface area contributed by atoms with Crippen LogP contribution in [0.1, 0.15) is 46.8 Å². The van der Waals surface area contributed by atoms with Gasteiger partial charge in [0.05, 0.1) is 16.2 Å². The molecule has 0 bridgehead atoms. The van der Waals surface area contributed by atoms with E-state index in [0.29, 0.717) is 0 Å². The molecule has 1 aliphatic rings. The summed E-state index contributed by atoms with van der Waals surface area (Å²) in [6.07, 6.45) is -2.77. The van der Waals surface area contributed by atoms with Crippen LogP contribution in [-0.2, 0) is 29.1 Å². The Labute approximate surface area is 215 Å². The molecule has 1 heterocycles. The molecule has 1 unspecified atom stereocenters. The third kappa shape index (κ3) is 7.00. The van der Waals surface area contributed by atoms with Gasteiger partial charge in [-0.05, 0) is 74.9 Å². The molecule has 6 nitrogen and oxygen atoms in total. The lowest BCUT2D eigenvalue weighted by atomic mass is 10.0. The van der Waals surface area contributed by atoms with Gasteiger partial charge in [-0.1, -0.05) is 24.6 Å². The van der Waals surface area contributed by atoms with Crippen molar-refractivity contribution in [1.29, 1.82) is 0 Å². The summed E-state index contributed by atoms with van der Waals surface area (Å²) in [5, 5.41) is 2.82. The molecule has 0 radical (unpaired) electrons. The average molecular weight is 546 g/mol. The zero-order valence-corrected chi connectivity index (χ0v) is 22.1. The van der Waals surface area contributed by atoms with Crippen LogP contribution in [0.3, 0.4) is 0 Å². The number of nitrogens with one attached hydrogen (secondary N) is 1. The summed E-state index contributed by atoms with van der Waals surface area (Å²) < 4.78 is 66.6. The number of nitrogens with zero attached hydrogens (tertiary/aromatic N) is 2. The predicted molar refractivity (Wildman–Crippen MR) is 134 cm³/mol. The Morgan fingerprint density at radius 3 is 2.53 bits per heavy atom. The van der Waals surface area contributed by atoms with Crippen LogP contribution in [0.15, 0.2) is 41.3 Å². The second-order valence-electron chi connectivity index (χ2n) is 9.24. The van der Waals surface area contributed by atoms with Crippen LogP contribution in [-0.4, -0.2) is 63.1 Å². The van der Waals surface area contributed by atoms with E-state index < -0.39 is 27.5 Å². The van der Waals surface area contributed by atoms with Gasteiger partial charge in [0.2, 0.25) is 0 Å². The van der Waals surface area contributed by atoms with Crippen LogP contribution in [0, 0.1) is 0 Å². The molecular formula is C25H31ClF3N3O3S. The SMILES string of the molecule is CCS(=O)(=O)c1ccc(Cl)cc1CNC(=O)c1ccc(CN2CCCC2CN(C)C)c(C(F)(F)F)c1. The molecular weight excluding hydrogens is 515 g/mol. The van der Waals surface area contributed by atoms with Gasteiger partial charge in [-0.15, -0.1) is 0 Å². The van der Waals surface area contributed by atoms with Crippen molar-refractivity contribution in [2.24, 2.45) is 0 Å². The number of sulfone groups is 1. The first-order valence-corrected chi connectivity index (χ1v) is 13.7. The number of likely N-dealkylation sites (N-methyl/N-ethyl adjacent to an activating group) is 1. The van der Waals surface area contributed by atoms with Crippen molar-refractivity contribution in [3.8, 4) is 0 Å². The lowest BCUT2D eigenvalue weighted by molar-refractivity contribution is -0.138. The lowest BCUT2D eigenvalue weighted by Gasteiger charge is -2.28. The number of benzene rings is 2. The van der Waals surface area contributed by atoms with E-state index in [1.807, 2.05) is 19.0 Å². The first-order chi connectivity index (χ1) is 16.8. The Balaban J connectivity index is 1.82. The Bertz CT molecular complexity index is 1200. The fourth-order valence-electron chi connectivity index (χ4n) is 4.49. The molecule has 3 rings (SSSR count). The molecule has 2 aromatic carbocycles. The molecule has 1 amide bonds. The molecule has 0 aliphatic carbocycles. The number of likely N-dealkylation sites (tertiary alicyclic amines) is 1. The minimum absolute atomic E-state index is 0.0268. The third-order valence-electron chi connectivity index (χ3n) is 6.30. The molecule has 198 valence electrons. The maximum atomic E-state index is 14.0. The van der Waals surface area contributed by atoms with Crippen molar-refractivity contribution in [3.63, 3.8) is 0 Å². The number of carbonyl (C=O) groups excluding carboxylic acids is 1. The van der Waals surface area contributed by atoms with E-state index in [4.69, 9.17) is 11.6 Å². The number of hydrogen-bond acceptors (Lipinski definition) is 5. The van der Waals surface area contributed by atoms with Gasteiger partial charge >= 0.3 is 6.18 Å². The van der Waals surface area contributed by atoms with E-state index in [9.17, 15) is 26.4 Å². The number of alkyl halides is 3. The largest absolute Gasteiger partial charge is 0.416 e. The molecule has 1 fully saturated rings. The number of amides is 1. The highest BCUT2D eigenvalue weighted by atomic mass is 35.5. The zero-order chi connectivity index (χ0) is 26.7. The Morgan fingerprint density at radius 1 is 1.17 bits per heavy atom. The van der Waals surface area contributed by atoms with Gasteiger partial charge in [-0.25, -0.2) is 8.42 Å². The summed E-state index contributed by atoms with van der Waals surface area (Å²) in [5.74, 6) is -0.878. The summed E-state index contributed by atoms with van der Waals surface area (Å²) in [5.41, 5.74) is -0.607. The second kappa shape index (κ2) is 11.5. The Kier molecular flexibility index (Phi) is 9.08. The number of hydrogen-bond donors (Lipinski definition) is 1. The minimum Gasteiger partial charge on any atom is -0.348 e. The highest BCUT2D eigenvalue weighted by Gasteiger charge is 2.35. The van der Waals surface area contributed by atoms with Crippen LogP contribution in [0.25, 0.3) is 0 Å². The normalized spacial score (nSPS) is 17.1. The van der Waals surface area contributed by atoms with Crippen LogP contribution in [0.4, 0.5) is 13.2 Å². The van der Waals surface area contributed by atoms with Gasteiger partial charge in [0.15, 0.2) is 9.84 Å². The topological polar surface area (TPSA) is 69.7 Å². The molecule has 2 aromatic rings. The average Bonchev–Trinajstić information content (AvgIpc) is 3.22. The zero-order valence-electron chi connectivity index (χ0n) is 20.5.